The Kier molecular flexibility index (Phi) is 4.47. The molecule has 0 aliphatic heterocycles. The van der Waals surface area contributed by atoms with Crippen LogP contribution in [0.3, 0.4) is 0 Å². The molecule has 0 aliphatic rings. The van der Waals surface area contributed by atoms with Gasteiger partial charge in [-0.05, 0) is 20.8 Å². The lowest BCUT2D eigenvalue weighted by Crippen LogP contribution is -2.42. The quantitative estimate of drug-likeness (QED) is 0.821. The Hall–Kier alpha value is -1.14. The molecule has 0 bridgehead atoms. The summed E-state index contributed by atoms with van der Waals surface area (Å²) in [7, 11) is 3.71. The first kappa shape index (κ1) is 13.9. The van der Waals surface area contributed by atoms with Gasteiger partial charge in [0.05, 0.1) is 13.2 Å². The van der Waals surface area contributed by atoms with Crippen molar-refractivity contribution in [3.63, 3.8) is 0 Å². The average molecular weight is 242 g/mol. The van der Waals surface area contributed by atoms with Crippen molar-refractivity contribution >= 4 is 6.01 Å². The summed E-state index contributed by atoms with van der Waals surface area (Å²) in [6, 6.07) is 0.498. The lowest BCUT2D eigenvalue weighted by atomic mass is 10.1. The molecule has 1 N–H and O–H groups in total. The molecule has 0 unspecified atom stereocenters. The SMILES string of the molecule is CN(C)c1nnc(CN(CCO)C(C)(C)C)o1. The average Bonchev–Trinajstić information content (AvgIpc) is 2.64. The largest absolute Gasteiger partial charge is 0.407 e. The van der Waals surface area contributed by atoms with Gasteiger partial charge in [0.2, 0.25) is 5.89 Å². The molecule has 0 fully saturated rings. The van der Waals surface area contributed by atoms with Crippen LogP contribution in [-0.2, 0) is 6.54 Å². The third-order valence-electron chi connectivity index (χ3n) is 2.48. The van der Waals surface area contributed by atoms with E-state index in [0.29, 0.717) is 25.0 Å². The van der Waals surface area contributed by atoms with Crippen molar-refractivity contribution in [1.82, 2.24) is 15.1 Å². The van der Waals surface area contributed by atoms with Crippen LogP contribution in [0, 0.1) is 0 Å². The van der Waals surface area contributed by atoms with Gasteiger partial charge in [-0.3, -0.25) is 4.90 Å². The number of nitrogens with zero attached hydrogens (tertiary/aromatic N) is 4. The summed E-state index contributed by atoms with van der Waals surface area (Å²) >= 11 is 0. The zero-order valence-corrected chi connectivity index (χ0v) is 11.3. The molecule has 1 aromatic rings. The molecule has 0 aromatic carbocycles. The Bertz CT molecular complexity index is 343. The first-order chi connectivity index (χ1) is 7.84. The van der Waals surface area contributed by atoms with Crippen molar-refractivity contribution < 1.29 is 9.52 Å². The molecule has 1 rings (SSSR count). The fraction of sp³-hybridized carbons (Fsp3) is 0.818. The summed E-state index contributed by atoms with van der Waals surface area (Å²) in [5.41, 5.74) is -0.0462. The Morgan fingerprint density at radius 3 is 2.29 bits per heavy atom. The maximum absolute atomic E-state index is 9.05. The number of aromatic nitrogens is 2. The highest BCUT2D eigenvalue weighted by molar-refractivity contribution is 5.19. The molecule has 0 amide bonds. The molecule has 0 spiro atoms. The highest BCUT2D eigenvalue weighted by Crippen LogP contribution is 2.17. The number of anilines is 1. The van der Waals surface area contributed by atoms with Crippen LogP contribution >= 0.6 is 0 Å². The van der Waals surface area contributed by atoms with Gasteiger partial charge in [-0.1, -0.05) is 5.10 Å². The first-order valence-electron chi connectivity index (χ1n) is 5.70. The van der Waals surface area contributed by atoms with E-state index in [2.05, 4.69) is 35.9 Å². The van der Waals surface area contributed by atoms with Crippen molar-refractivity contribution in [2.45, 2.75) is 32.9 Å². The van der Waals surface area contributed by atoms with Gasteiger partial charge in [0.1, 0.15) is 0 Å². The van der Waals surface area contributed by atoms with Gasteiger partial charge in [0.25, 0.3) is 0 Å². The predicted molar refractivity (Wildman–Crippen MR) is 65.9 cm³/mol. The molecule has 17 heavy (non-hydrogen) atoms. The van der Waals surface area contributed by atoms with Crippen molar-refractivity contribution in [1.29, 1.82) is 0 Å². The molecule has 98 valence electrons. The third-order valence-corrected chi connectivity index (χ3v) is 2.48. The van der Waals surface area contributed by atoms with E-state index in [-0.39, 0.29) is 12.1 Å². The summed E-state index contributed by atoms with van der Waals surface area (Å²) < 4.78 is 5.50. The monoisotopic (exact) mass is 242 g/mol. The number of aliphatic hydroxyl groups is 1. The maximum atomic E-state index is 9.05. The van der Waals surface area contributed by atoms with Crippen molar-refractivity contribution in [2.75, 3.05) is 32.1 Å². The number of hydrogen-bond donors (Lipinski definition) is 1. The zero-order chi connectivity index (χ0) is 13.1. The van der Waals surface area contributed by atoms with Gasteiger partial charge in [-0.15, -0.1) is 5.10 Å². The van der Waals surface area contributed by atoms with Crippen LogP contribution in [0.1, 0.15) is 26.7 Å². The molecule has 6 nitrogen and oxygen atoms in total. The summed E-state index contributed by atoms with van der Waals surface area (Å²) in [4.78, 5) is 3.87. The van der Waals surface area contributed by atoms with E-state index in [1.54, 1.807) is 4.90 Å². The molecule has 0 atom stereocenters. The van der Waals surface area contributed by atoms with Crippen LogP contribution in [0.25, 0.3) is 0 Å². The maximum Gasteiger partial charge on any atom is 0.317 e. The van der Waals surface area contributed by atoms with Crippen LogP contribution in [0.5, 0.6) is 0 Å². The molecule has 0 saturated heterocycles. The summed E-state index contributed by atoms with van der Waals surface area (Å²) in [6.07, 6.45) is 0. The minimum atomic E-state index is -0.0462. The van der Waals surface area contributed by atoms with E-state index >= 15 is 0 Å². The second kappa shape index (κ2) is 5.46. The Morgan fingerprint density at radius 1 is 1.24 bits per heavy atom. The van der Waals surface area contributed by atoms with E-state index in [9.17, 15) is 0 Å². The number of aliphatic hydroxyl groups excluding tert-OH is 1. The Morgan fingerprint density at radius 2 is 1.88 bits per heavy atom. The number of hydrogen-bond acceptors (Lipinski definition) is 6. The van der Waals surface area contributed by atoms with Gasteiger partial charge in [-0.2, -0.15) is 0 Å². The van der Waals surface area contributed by atoms with Gasteiger partial charge in [-0.25, -0.2) is 0 Å². The normalized spacial score (nSPS) is 12.2. The lowest BCUT2D eigenvalue weighted by molar-refractivity contribution is 0.0891. The summed E-state index contributed by atoms with van der Waals surface area (Å²) in [6.45, 7) is 7.52. The highest BCUT2D eigenvalue weighted by Gasteiger charge is 2.23. The molecule has 0 aliphatic carbocycles. The van der Waals surface area contributed by atoms with Crippen LogP contribution in [-0.4, -0.2) is 53.0 Å². The topological polar surface area (TPSA) is 65.6 Å². The zero-order valence-electron chi connectivity index (χ0n) is 11.3. The second-order valence-electron chi connectivity index (χ2n) is 5.19. The predicted octanol–water partition coefficient (Wildman–Crippen LogP) is 0.728. The molecular weight excluding hydrogens is 220 g/mol. The van der Waals surface area contributed by atoms with E-state index in [4.69, 9.17) is 9.52 Å². The van der Waals surface area contributed by atoms with Gasteiger partial charge < -0.3 is 14.4 Å². The van der Waals surface area contributed by atoms with E-state index < -0.39 is 0 Å². The smallest absolute Gasteiger partial charge is 0.317 e. The van der Waals surface area contributed by atoms with Crippen LogP contribution in [0.15, 0.2) is 4.42 Å². The fourth-order valence-corrected chi connectivity index (χ4v) is 1.42. The number of β-amino-alcohol motifs (C(OH)–C–C–N with tert-alkyl or cyclic N) is 1. The van der Waals surface area contributed by atoms with E-state index in [1.807, 2.05) is 14.1 Å². The summed E-state index contributed by atoms with van der Waals surface area (Å²) in [5, 5.41) is 17.0. The third kappa shape index (κ3) is 3.98. The van der Waals surface area contributed by atoms with Gasteiger partial charge >= 0.3 is 6.01 Å². The van der Waals surface area contributed by atoms with Crippen molar-refractivity contribution in [3.8, 4) is 0 Å². The first-order valence-corrected chi connectivity index (χ1v) is 5.70. The molecule has 6 heteroatoms. The second-order valence-corrected chi connectivity index (χ2v) is 5.19. The van der Waals surface area contributed by atoms with E-state index in [0.717, 1.165) is 0 Å². The van der Waals surface area contributed by atoms with E-state index in [1.165, 1.54) is 0 Å². The standard InChI is InChI=1S/C11H22N4O2/c1-11(2,3)15(6-7-16)8-9-12-13-10(17-9)14(4)5/h16H,6-8H2,1-5H3. The van der Waals surface area contributed by atoms with Crippen LogP contribution in [0.4, 0.5) is 6.01 Å². The fourth-order valence-electron chi connectivity index (χ4n) is 1.42. The highest BCUT2D eigenvalue weighted by atomic mass is 16.4. The van der Waals surface area contributed by atoms with Crippen molar-refractivity contribution in [2.24, 2.45) is 0 Å². The molecular formula is C11H22N4O2. The minimum absolute atomic E-state index is 0.0462. The van der Waals surface area contributed by atoms with Crippen LogP contribution < -0.4 is 4.90 Å². The molecule has 1 aromatic heterocycles. The molecule has 1 heterocycles. The van der Waals surface area contributed by atoms with Crippen molar-refractivity contribution in [3.05, 3.63) is 5.89 Å². The van der Waals surface area contributed by atoms with Crippen LogP contribution in [0.2, 0.25) is 0 Å². The number of rotatable bonds is 5. The minimum Gasteiger partial charge on any atom is -0.407 e. The lowest BCUT2D eigenvalue weighted by Gasteiger charge is -2.33. The van der Waals surface area contributed by atoms with Gasteiger partial charge in [0, 0.05) is 26.2 Å². The van der Waals surface area contributed by atoms with Gasteiger partial charge in [0.15, 0.2) is 0 Å². The Balaban J connectivity index is 2.72. The molecule has 0 radical (unpaired) electrons. The summed E-state index contributed by atoms with van der Waals surface area (Å²) in [5.74, 6) is 0.567. The Labute approximate surface area is 102 Å². The molecule has 0 saturated carbocycles.